The van der Waals surface area contributed by atoms with Gasteiger partial charge in [-0.1, -0.05) is 37.6 Å². The van der Waals surface area contributed by atoms with Crippen molar-refractivity contribution in [2.75, 3.05) is 7.11 Å². The summed E-state index contributed by atoms with van der Waals surface area (Å²) < 4.78 is 17.4. The van der Waals surface area contributed by atoms with Crippen molar-refractivity contribution in [3.63, 3.8) is 0 Å². The summed E-state index contributed by atoms with van der Waals surface area (Å²) in [6, 6.07) is 8.11. The zero-order chi connectivity index (χ0) is 15.6. The number of hydrogen-bond donors (Lipinski definition) is 0. The highest BCUT2D eigenvalue weighted by atomic mass is 16.8. The van der Waals surface area contributed by atoms with Crippen LogP contribution in [0.5, 0.6) is 0 Å². The van der Waals surface area contributed by atoms with Crippen LogP contribution in [0.4, 0.5) is 0 Å². The molecule has 0 bridgehead atoms. The molecule has 1 aliphatic heterocycles. The van der Waals surface area contributed by atoms with Gasteiger partial charge in [0.05, 0.1) is 7.11 Å². The van der Waals surface area contributed by atoms with Gasteiger partial charge in [-0.05, 0) is 30.4 Å². The molecule has 4 heteroatoms. The second-order valence-electron chi connectivity index (χ2n) is 6.12. The molecule has 0 radical (unpaired) electrons. The largest absolute Gasteiger partial charge is 0.467 e. The molecule has 22 heavy (non-hydrogen) atoms. The van der Waals surface area contributed by atoms with Crippen molar-refractivity contribution in [3.05, 3.63) is 35.4 Å². The van der Waals surface area contributed by atoms with Gasteiger partial charge in [0.25, 0.3) is 0 Å². The van der Waals surface area contributed by atoms with Gasteiger partial charge in [-0.15, -0.1) is 0 Å². The maximum Gasteiger partial charge on any atom is 0.338 e. The van der Waals surface area contributed by atoms with Gasteiger partial charge in [0, 0.05) is 12.8 Å². The summed E-state index contributed by atoms with van der Waals surface area (Å²) in [7, 11) is 1.40. The molecule has 3 rings (SSSR count). The number of benzene rings is 1. The summed E-state index contributed by atoms with van der Waals surface area (Å²) in [6.45, 7) is 2.11. The minimum atomic E-state index is -0.671. The molecule has 1 spiro atoms. The van der Waals surface area contributed by atoms with E-state index in [1.807, 2.05) is 18.2 Å². The molecule has 120 valence electrons. The molecule has 0 N–H and O–H groups in total. The fourth-order valence-corrected chi connectivity index (χ4v) is 3.59. The number of esters is 1. The molecule has 2 fully saturated rings. The molecule has 4 nitrogen and oxygen atoms in total. The van der Waals surface area contributed by atoms with Crippen LogP contribution in [0.25, 0.3) is 0 Å². The Morgan fingerprint density at radius 3 is 2.64 bits per heavy atom. The quantitative estimate of drug-likeness (QED) is 0.801. The number of ether oxygens (including phenoxy) is 3. The first-order chi connectivity index (χ1) is 10.7. The van der Waals surface area contributed by atoms with Crippen molar-refractivity contribution < 1.29 is 19.0 Å². The number of aryl methyl sites for hydroxylation is 1. The van der Waals surface area contributed by atoms with Crippen LogP contribution in [0, 0.1) is 0 Å². The average molecular weight is 304 g/mol. The number of carbonyl (C=O) groups excluding carboxylic acids is 1. The Labute approximate surface area is 131 Å². The Bertz CT molecular complexity index is 534. The minimum Gasteiger partial charge on any atom is -0.467 e. The van der Waals surface area contributed by atoms with Crippen molar-refractivity contribution in [1.29, 1.82) is 0 Å². The van der Waals surface area contributed by atoms with E-state index in [-0.39, 0.29) is 12.1 Å². The van der Waals surface area contributed by atoms with Crippen molar-refractivity contribution in [2.24, 2.45) is 0 Å². The molecule has 1 saturated heterocycles. The van der Waals surface area contributed by atoms with Crippen LogP contribution < -0.4 is 0 Å². The summed E-state index contributed by atoms with van der Waals surface area (Å²) in [6.07, 6.45) is 4.92. The van der Waals surface area contributed by atoms with Crippen molar-refractivity contribution in [1.82, 2.24) is 0 Å². The lowest BCUT2D eigenvalue weighted by Crippen LogP contribution is -2.35. The number of methoxy groups -OCH3 is 1. The van der Waals surface area contributed by atoms with E-state index in [1.165, 1.54) is 19.1 Å². The standard InChI is InChI=1S/C18H24O4/c1-3-13-9-5-6-10-14(13)15-16(17(19)20-2)22-18(21-15)11-7-4-8-12-18/h5-6,9-10,15-16H,3-4,7-8,11-12H2,1-2H3. The highest BCUT2D eigenvalue weighted by Gasteiger charge is 2.52. The molecule has 1 aliphatic carbocycles. The van der Waals surface area contributed by atoms with E-state index in [0.717, 1.165) is 37.7 Å². The lowest BCUT2D eigenvalue weighted by molar-refractivity contribution is -0.199. The van der Waals surface area contributed by atoms with Gasteiger partial charge in [-0.25, -0.2) is 4.79 Å². The summed E-state index contributed by atoms with van der Waals surface area (Å²) in [5, 5.41) is 0. The molecule has 1 saturated carbocycles. The Kier molecular flexibility index (Phi) is 4.50. The predicted molar refractivity (Wildman–Crippen MR) is 82.4 cm³/mol. The van der Waals surface area contributed by atoms with Gasteiger partial charge in [-0.2, -0.15) is 0 Å². The van der Waals surface area contributed by atoms with Gasteiger partial charge < -0.3 is 14.2 Å². The van der Waals surface area contributed by atoms with E-state index in [9.17, 15) is 4.79 Å². The van der Waals surface area contributed by atoms with Crippen molar-refractivity contribution in [2.45, 2.75) is 63.4 Å². The van der Waals surface area contributed by atoms with Gasteiger partial charge in [0.15, 0.2) is 11.9 Å². The molecule has 2 atom stereocenters. The third-order valence-corrected chi connectivity index (χ3v) is 4.75. The summed E-state index contributed by atoms with van der Waals surface area (Å²) in [5.41, 5.74) is 2.24. The zero-order valence-corrected chi connectivity index (χ0v) is 13.3. The van der Waals surface area contributed by atoms with Gasteiger partial charge in [0.2, 0.25) is 0 Å². The monoisotopic (exact) mass is 304 g/mol. The summed E-state index contributed by atoms with van der Waals surface area (Å²) in [4.78, 5) is 12.2. The predicted octanol–water partition coefficient (Wildman–Crippen LogP) is 3.54. The van der Waals surface area contributed by atoms with Crippen LogP contribution in [0.1, 0.15) is 56.3 Å². The lowest BCUT2D eigenvalue weighted by atomic mass is 9.94. The molecule has 2 unspecified atom stereocenters. The van der Waals surface area contributed by atoms with Crippen LogP contribution >= 0.6 is 0 Å². The van der Waals surface area contributed by atoms with Gasteiger partial charge in [-0.3, -0.25) is 0 Å². The second-order valence-corrected chi connectivity index (χ2v) is 6.12. The highest BCUT2D eigenvalue weighted by Crippen LogP contribution is 2.46. The van der Waals surface area contributed by atoms with Gasteiger partial charge in [0.1, 0.15) is 6.10 Å². The van der Waals surface area contributed by atoms with E-state index in [1.54, 1.807) is 0 Å². The van der Waals surface area contributed by atoms with Crippen LogP contribution in [0.15, 0.2) is 24.3 Å². The fraction of sp³-hybridized carbons (Fsp3) is 0.611. The van der Waals surface area contributed by atoms with Crippen LogP contribution in [-0.4, -0.2) is 25.0 Å². The van der Waals surface area contributed by atoms with Crippen LogP contribution in [-0.2, 0) is 25.4 Å². The summed E-state index contributed by atoms with van der Waals surface area (Å²) in [5.74, 6) is -0.957. The molecule has 1 heterocycles. The Morgan fingerprint density at radius 2 is 1.95 bits per heavy atom. The highest BCUT2D eigenvalue weighted by molar-refractivity contribution is 5.76. The third kappa shape index (κ3) is 2.77. The normalized spacial score (nSPS) is 27.0. The van der Waals surface area contributed by atoms with E-state index in [0.29, 0.717) is 0 Å². The minimum absolute atomic E-state index is 0.349. The fourth-order valence-electron chi connectivity index (χ4n) is 3.59. The smallest absolute Gasteiger partial charge is 0.338 e. The number of rotatable bonds is 3. The van der Waals surface area contributed by atoms with E-state index < -0.39 is 11.9 Å². The first kappa shape index (κ1) is 15.5. The molecule has 1 aromatic rings. The summed E-state index contributed by atoms with van der Waals surface area (Å²) >= 11 is 0. The van der Waals surface area contributed by atoms with Crippen molar-refractivity contribution >= 4 is 5.97 Å². The molecule has 0 aromatic heterocycles. The SMILES string of the molecule is CCc1ccccc1C1OC2(CCCCC2)OC1C(=O)OC. The molecule has 1 aromatic carbocycles. The Morgan fingerprint density at radius 1 is 1.23 bits per heavy atom. The number of hydrogen-bond acceptors (Lipinski definition) is 4. The molecular formula is C18H24O4. The zero-order valence-electron chi connectivity index (χ0n) is 13.3. The van der Waals surface area contributed by atoms with E-state index in [2.05, 4.69) is 13.0 Å². The number of carbonyl (C=O) groups is 1. The van der Waals surface area contributed by atoms with Gasteiger partial charge >= 0.3 is 5.97 Å². The van der Waals surface area contributed by atoms with Crippen molar-refractivity contribution in [3.8, 4) is 0 Å². The second kappa shape index (κ2) is 6.39. The van der Waals surface area contributed by atoms with E-state index >= 15 is 0 Å². The maximum atomic E-state index is 12.2. The average Bonchev–Trinajstić information content (AvgIpc) is 2.93. The lowest BCUT2D eigenvalue weighted by Gasteiger charge is -2.31. The Hall–Kier alpha value is -1.39. The van der Waals surface area contributed by atoms with E-state index in [4.69, 9.17) is 14.2 Å². The third-order valence-electron chi connectivity index (χ3n) is 4.75. The topological polar surface area (TPSA) is 44.8 Å². The van der Waals surface area contributed by atoms with Crippen LogP contribution in [0.3, 0.4) is 0 Å². The Balaban J connectivity index is 1.94. The maximum absolute atomic E-state index is 12.2. The molecular weight excluding hydrogens is 280 g/mol. The first-order valence-corrected chi connectivity index (χ1v) is 8.20. The molecule has 2 aliphatic rings. The first-order valence-electron chi connectivity index (χ1n) is 8.20. The molecule has 0 amide bonds. The van der Waals surface area contributed by atoms with Crippen LogP contribution in [0.2, 0.25) is 0 Å².